The highest BCUT2D eigenvalue weighted by atomic mass is 19.2. The third-order valence-electron chi connectivity index (χ3n) is 2.97. The average Bonchev–Trinajstić information content (AvgIpc) is 2.26. The summed E-state index contributed by atoms with van der Waals surface area (Å²) in [6.07, 6.45) is 0.340. The molecule has 0 saturated carbocycles. The predicted molar refractivity (Wildman–Crippen MR) is 55.9 cm³/mol. The van der Waals surface area contributed by atoms with Gasteiger partial charge in [0.2, 0.25) is 0 Å². The van der Waals surface area contributed by atoms with Gasteiger partial charge in [0.1, 0.15) is 5.78 Å². The highest BCUT2D eigenvalue weighted by Gasteiger charge is 2.26. The van der Waals surface area contributed by atoms with E-state index in [0.29, 0.717) is 18.5 Å². The van der Waals surface area contributed by atoms with Crippen molar-refractivity contribution in [1.82, 2.24) is 5.32 Å². The molecule has 1 heterocycles. The smallest absolute Gasteiger partial charge is 0.159 e. The van der Waals surface area contributed by atoms with Crippen LogP contribution in [0.2, 0.25) is 0 Å². The number of nitrogens with one attached hydrogen (secondary N) is 1. The molecule has 1 aliphatic heterocycles. The second kappa shape index (κ2) is 4.29. The lowest BCUT2D eigenvalue weighted by atomic mass is 9.91. The molecule has 1 aromatic rings. The van der Waals surface area contributed by atoms with E-state index in [1.54, 1.807) is 0 Å². The van der Waals surface area contributed by atoms with Gasteiger partial charge in [0.25, 0.3) is 0 Å². The van der Waals surface area contributed by atoms with Crippen LogP contribution in [0.25, 0.3) is 0 Å². The minimum atomic E-state index is -0.870. The number of ketones is 1. The van der Waals surface area contributed by atoms with E-state index in [-0.39, 0.29) is 17.7 Å². The SMILES string of the molecule is CC1CNC(c2ccc(F)c(F)c2)CC1=O. The molecular weight excluding hydrogens is 212 g/mol. The molecular formula is C12H13F2NO. The fourth-order valence-corrected chi connectivity index (χ4v) is 1.87. The molecule has 1 aliphatic rings. The minimum absolute atomic E-state index is 0.00143. The molecule has 0 spiro atoms. The van der Waals surface area contributed by atoms with Crippen LogP contribution in [0, 0.1) is 17.6 Å². The van der Waals surface area contributed by atoms with Crippen molar-refractivity contribution in [2.45, 2.75) is 19.4 Å². The zero-order valence-corrected chi connectivity index (χ0v) is 8.97. The number of benzene rings is 1. The van der Waals surface area contributed by atoms with Crippen molar-refractivity contribution < 1.29 is 13.6 Å². The molecule has 0 aliphatic carbocycles. The molecule has 2 nitrogen and oxygen atoms in total. The van der Waals surface area contributed by atoms with E-state index in [0.717, 1.165) is 12.1 Å². The van der Waals surface area contributed by atoms with Gasteiger partial charge in [-0.2, -0.15) is 0 Å². The Hall–Kier alpha value is -1.29. The largest absolute Gasteiger partial charge is 0.309 e. The predicted octanol–water partition coefficient (Wildman–Crippen LogP) is 2.20. The molecule has 2 rings (SSSR count). The Morgan fingerprint density at radius 1 is 1.31 bits per heavy atom. The van der Waals surface area contributed by atoms with Crippen molar-refractivity contribution >= 4 is 5.78 Å². The van der Waals surface area contributed by atoms with Gasteiger partial charge in [0, 0.05) is 24.9 Å². The van der Waals surface area contributed by atoms with Crippen LogP contribution >= 0.6 is 0 Å². The summed E-state index contributed by atoms with van der Waals surface area (Å²) in [5, 5.41) is 3.15. The van der Waals surface area contributed by atoms with Crippen molar-refractivity contribution in [3.63, 3.8) is 0 Å². The average molecular weight is 225 g/mol. The molecule has 4 heteroatoms. The number of piperidine rings is 1. The quantitative estimate of drug-likeness (QED) is 0.793. The molecule has 1 N–H and O–H groups in total. The van der Waals surface area contributed by atoms with Crippen LogP contribution in [0.3, 0.4) is 0 Å². The van der Waals surface area contributed by atoms with Crippen LogP contribution in [-0.2, 0) is 4.79 Å². The van der Waals surface area contributed by atoms with Crippen LogP contribution in [0.4, 0.5) is 8.78 Å². The summed E-state index contributed by atoms with van der Waals surface area (Å²) in [5.74, 6) is -1.57. The maximum Gasteiger partial charge on any atom is 0.159 e. The van der Waals surface area contributed by atoms with Crippen LogP contribution in [0.15, 0.2) is 18.2 Å². The van der Waals surface area contributed by atoms with Crippen molar-refractivity contribution in [2.24, 2.45) is 5.92 Å². The van der Waals surface area contributed by atoms with E-state index in [1.807, 2.05) is 6.92 Å². The zero-order chi connectivity index (χ0) is 11.7. The van der Waals surface area contributed by atoms with Gasteiger partial charge in [-0.15, -0.1) is 0 Å². The molecule has 1 fully saturated rings. The minimum Gasteiger partial charge on any atom is -0.309 e. The summed E-state index contributed by atoms with van der Waals surface area (Å²) in [6.45, 7) is 2.44. The first-order valence-corrected chi connectivity index (χ1v) is 5.29. The fourth-order valence-electron chi connectivity index (χ4n) is 1.87. The first-order valence-electron chi connectivity index (χ1n) is 5.29. The number of carbonyl (C=O) groups excluding carboxylic acids is 1. The molecule has 16 heavy (non-hydrogen) atoms. The maximum absolute atomic E-state index is 13.0. The molecule has 0 radical (unpaired) electrons. The Morgan fingerprint density at radius 3 is 2.69 bits per heavy atom. The third kappa shape index (κ3) is 2.11. The Kier molecular flexibility index (Phi) is 3.01. The van der Waals surface area contributed by atoms with E-state index in [2.05, 4.69) is 5.32 Å². The number of halogens is 2. The number of hydrogen-bond donors (Lipinski definition) is 1. The highest BCUT2D eigenvalue weighted by Crippen LogP contribution is 2.24. The highest BCUT2D eigenvalue weighted by molar-refractivity contribution is 5.82. The lowest BCUT2D eigenvalue weighted by molar-refractivity contribution is -0.124. The first-order chi connectivity index (χ1) is 7.58. The van der Waals surface area contributed by atoms with Crippen LogP contribution in [0.5, 0.6) is 0 Å². The number of rotatable bonds is 1. The van der Waals surface area contributed by atoms with Crippen molar-refractivity contribution in [3.05, 3.63) is 35.4 Å². The van der Waals surface area contributed by atoms with Gasteiger partial charge in [-0.25, -0.2) is 8.78 Å². The lowest BCUT2D eigenvalue weighted by Crippen LogP contribution is -2.38. The summed E-state index contributed by atoms with van der Waals surface area (Å²) in [5.41, 5.74) is 0.624. The van der Waals surface area contributed by atoms with E-state index in [4.69, 9.17) is 0 Å². The van der Waals surface area contributed by atoms with Crippen molar-refractivity contribution in [1.29, 1.82) is 0 Å². The molecule has 0 aromatic heterocycles. The van der Waals surface area contributed by atoms with E-state index >= 15 is 0 Å². The second-order valence-corrected chi connectivity index (χ2v) is 4.21. The van der Waals surface area contributed by atoms with E-state index < -0.39 is 11.6 Å². The summed E-state index contributed by atoms with van der Waals surface area (Å²) >= 11 is 0. The topological polar surface area (TPSA) is 29.1 Å². The van der Waals surface area contributed by atoms with Gasteiger partial charge < -0.3 is 5.32 Å². The molecule has 1 aromatic carbocycles. The van der Waals surface area contributed by atoms with Crippen molar-refractivity contribution in [2.75, 3.05) is 6.54 Å². The lowest BCUT2D eigenvalue weighted by Gasteiger charge is -2.27. The maximum atomic E-state index is 13.0. The number of hydrogen-bond acceptors (Lipinski definition) is 2. The van der Waals surface area contributed by atoms with E-state index in [9.17, 15) is 13.6 Å². The normalized spacial score (nSPS) is 25.8. The first kappa shape index (κ1) is 11.2. The Morgan fingerprint density at radius 2 is 2.06 bits per heavy atom. The van der Waals surface area contributed by atoms with Crippen LogP contribution < -0.4 is 5.32 Å². The second-order valence-electron chi connectivity index (χ2n) is 4.21. The molecule has 2 unspecified atom stereocenters. The summed E-state index contributed by atoms with van der Waals surface area (Å²) < 4.78 is 25.8. The van der Waals surface area contributed by atoms with E-state index in [1.165, 1.54) is 6.07 Å². The Bertz CT molecular complexity index is 419. The summed E-state index contributed by atoms with van der Waals surface area (Å²) in [7, 11) is 0. The van der Waals surface area contributed by atoms with Gasteiger partial charge in [-0.3, -0.25) is 4.79 Å². The van der Waals surface area contributed by atoms with Gasteiger partial charge in [0.15, 0.2) is 11.6 Å². The van der Waals surface area contributed by atoms with Crippen molar-refractivity contribution in [3.8, 4) is 0 Å². The van der Waals surface area contributed by atoms with Gasteiger partial charge in [-0.1, -0.05) is 13.0 Å². The monoisotopic (exact) mass is 225 g/mol. The van der Waals surface area contributed by atoms with Gasteiger partial charge >= 0.3 is 0 Å². The number of Topliss-reactive ketones (excluding diaryl/α,β-unsaturated/α-hetero) is 1. The Balaban J connectivity index is 2.18. The third-order valence-corrected chi connectivity index (χ3v) is 2.97. The van der Waals surface area contributed by atoms with Crippen LogP contribution in [-0.4, -0.2) is 12.3 Å². The molecule has 2 atom stereocenters. The standard InChI is InChI=1S/C12H13F2NO/c1-7-6-15-11(5-12(7)16)8-2-3-9(13)10(14)4-8/h2-4,7,11,15H,5-6H2,1H3. The van der Waals surface area contributed by atoms with Crippen LogP contribution in [0.1, 0.15) is 24.9 Å². The zero-order valence-electron chi connectivity index (χ0n) is 8.97. The number of carbonyl (C=O) groups is 1. The van der Waals surface area contributed by atoms with Gasteiger partial charge in [-0.05, 0) is 17.7 Å². The fraction of sp³-hybridized carbons (Fsp3) is 0.417. The van der Waals surface area contributed by atoms with Gasteiger partial charge in [0.05, 0.1) is 0 Å². The molecule has 0 bridgehead atoms. The summed E-state index contributed by atoms with van der Waals surface area (Å²) in [4.78, 5) is 11.5. The molecule has 86 valence electrons. The summed E-state index contributed by atoms with van der Waals surface area (Å²) in [6, 6.07) is 3.56. The molecule has 1 saturated heterocycles. The molecule has 0 amide bonds. The Labute approximate surface area is 92.7 Å².